The summed E-state index contributed by atoms with van der Waals surface area (Å²) in [5.41, 5.74) is 5.82. The van der Waals surface area contributed by atoms with Gasteiger partial charge in [0.1, 0.15) is 5.75 Å². The Bertz CT molecular complexity index is 2290. The Labute approximate surface area is 341 Å². The maximum Gasteiger partial charge on any atom is 0.309 e. The molecule has 3 N–H and O–H groups in total. The topological polar surface area (TPSA) is 142 Å². The van der Waals surface area contributed by atoms with Crippen LogP contribution in [0.2, 0.25) is 10.0 Å². The number of nitrogens with one attached hydrogen (secondary N) is 2. The van der Waals surface area contributed by atoms with Crippen LogP contribution in [0.15, 0.2) is 48.7 Å². The Kier molecular flexibility index (Phi) is 9.62. The van der Waals surface area contributed by atoms with E-state index in [4.69, 9.17) is 32.9 Å². The molecule has 2 aliphatic carbocycles. The van der Waals surface area contributed by atoms with Gasteiger partial charge in [-0.15, -0.1) is 0 Å². The van der Waals surface area contributed by atoms with Crippen LogP contribution in [0.1, 0.15) is 72.5 Å². The SMILES string of the molecule is COc1cc(-c2nccc(-c3cccc(NC(=O)c4nc5c(n4C)CCN(CCC46CCC(C(=O)O)(CC4)C6)C5)c3Cl)c2Cl)ccc1CN1CC2(CNC(=O)C2)C1. The van der Waals surface area contributed by atoms with E-state index in [2.05, 4.69) is 25.4 Å². The molecule has 298 valence electrons. The zero-order valence-corrected chi connectivity index (χ0v) is 33.8. The largest absolute Gasteiger partial charge is 0.496 e. The van der Waals surface area contributed by atoms with E-state index in [0.29, 0.717) is 57.9 Å². The van der Waals surface area contributed by atoms with Gasteiger partial charge in [-0.3, -0.25) is 29.2 Å². The summed E-state index contributed by atoms with van der Waals surface area (Å²) < 4.78 is 7.70. The van der Waals surface area contributed by atoms with E-state index in [-0.39, 0.29) is 22.6 Å². The Morgan fingerprint density at radius 1 is 1.04 bits per heavy atom. The first-order valence-electron chi connectivity index (χ1n) is 19.8. The summed E-state index contributed by atoms with van der Waals surface area (Å²) in [6.07, 6.45) is 8.46. The summed E-state index contributed by atoms with van der Waals surface area (Å²) in [4.78, 5) is 51.7. The first kappa shape index (κ1) is 38.1. The third-order valence-corrected chi connectivity index (χ3v) is 14.4. The molecule has 14 heteroatoms. The van der Waals surface area contributed by atoms with Crippen molar-refractivity contribution < 1.29 is 24.2 Å². The molecule has 57 heavy (non-hydrogen) atoms. The summed E-state index contributed by atoms with van der Waals surface area (Å²) in [5, 5.41) is 16.6. The molecule has 4 fully saturated rings. The number of aliphatic carboxylic acids is 1. The number of ether oxygens (including phenoxy) is 1. The highest BCUT2D eigenvalue weighted by atomic mass is 35.5. The molecule has 2 saturated heterocycles. The number of hydrogen-bond donors (Lipinski definition) is 3. The maximum absolute atomic E-state index is 13.8. The van der Waals surface area contributed by atoms with Gasteiger partial charge < -0.3 is 25.0 Å². The molecule has 0 radical (unpaired) electrons. The predicted molar refractivity (Wildman–Crippen MR) is 217 cm³/mol. The second kappa shape index (κ2) is 14.4. The molecule has 5 aliphatic rings. The smallest absolute Gasteiger partial charge is 0.309 e. The lowest BCUT2D eigenvalue weighted by atomic mass is 9.79. The Morgan fingerprint density at radius 3 is 2.54 bits per heavy atom. The van der Waals surface area contributed by atoms with E-state index < -0.39 is 11.4 Å². The summed E-state index contributed by atoms with van der Waals surface area (Å²) in [6.45, 7) is 5.62. The third kappa shape index (κ3) is 6.78. The minimum atomic E-state index is -0.624. The normalized spacial score (nSPS) is 23.7. The molecule has 2 bridgehead atoms. The van der Waals surface area contributed by atoms with Crippen molar-refractivity contribution >= 4 is 46.7 Å². The number of halogens is 2. The van der Waals surface area contributed by atoms with Crippen LogP contribution in [0.3, 0.4) is 0 Å². The Morgan fingerprint density at radius 2 is 1.82 bits per heavy atom. The van der Waals surface area contributed by atoms with Gasteiger partial charge in [0.25, 0.3) is 5.91 Å². The number of likely N-dealkylation sites (tertiary alicyclic amines) is 1. The van der Waals surface area contributed by atoms with E-state index >= 15 is 0 Å². The lowest BCUT2D eigenvalue weighted by molar-refractivity contribution is -0.148. The van der Waals surface area contributed by atoms with Crippen LogP contribution < -0.4 is 15.4 Å². The van der Waals surface area contributed by atoms with Gasteiger partial charge in [-0.2, -0.15) is 0 Å². The van der Waals surface area contributed by atoms with E-state index in [1.54, 1.807) is 19.4 Å². The molecule has 0 atom stereocenters. The molecule has 1 spiro atoms. The van der Waals surface area contributed by atoms with Crippen LogP contribution in [0.5, 0.6) is 5.75 Å². The van der Waals surface area contributed by atoms with Gasteiger partial charge in [0.05, 0.1) is 39.6 Å². The zero-order valence-electron chi connectivity index (χ0n) is 32.3. The Balaban J connectivity index is 0.876. The van der Waals surface area contributed by atoms with Crippen molar-refractivity contribution in [1.29, 1.82) is 0 Å². The van der Waals surface area contributed by atoms with Gasteiger partial charge in [-0.1, -0.05) is 47.5 Å². The van der Waals surface area contributed by atoms with Crippen LogP contribution >= 0.6 is 23.2 Å². The maximum atomic E-state index is 13.8. The molecule has 4 aromatic rings. The highest BCUT2D eigenvalue weighted by molar-refractivity contribution is 6.39. The standard InChI is InChI=1S/C43H47Cl2N7O5/c1-50-32-9-16-51(17-14-41-10-12-43(22-41,13-11-41)40(55)56)21-31(32)48-38(50)39(54)49-30-5-3-4-28(35(30)44)29-8-15-46-37(36(29)45)26-6-7-27(33(18-26)57-2)20-52-24-42(25-52)19-34(53)47-23-42/h3-8,15,18H,9-14,16-17,19-25H2,1-2H3,(H,47,53)(H,49,54)(H,55,56). The quantitative estimate of drug-likeness (QED) is 0.149. The number of methoxy groups -OCH3 is 1. The number of rotatable bonds is 11. The van der Waals surface area contributed by atoms with Crippen molar-refractivity contribution in [1.82, 2.24) is 29.7 Å². The summed E-state index contributed by atoms with van der Waals surface area (Å²) in [5.74, 6) is 0.208. The van der Waals surface area contributed by atoms with Crippen molar-refractivity contribution in [2.24, 2.45) is 23.3 Å². The molecule has 12 nitrogen and oxygen atoms in total. The number of aromatic nitrogens is 3. The second-order valence-corrected chi connectivity index (χ2v) is 17.9. The second-order valence-electron chi connectivity index (χ2n) is 17.2. The number of fused-ring (bicyclic) bond motifs is 3. The lowest BCUT2D eigenvalue weighted by Crippen LogP contribution is -2.56. The number of carboxylic acids is 1. The molecule has 9 rings (SSSR count). The summed E-state index contributed by atoms with van der Waals surface area (Å²) >= 11 is 14.1. The van der Waals surface area contributed by atoms with E-state index in [0.717, 1.165) is 106 Å². The number of pyridine rings is 1. The Hall–Kier alpha value is -4.49. The van der Waals surface area contributed by atoms with E-state index in [1.165, 1.54) is 0 Å². The summed E-state index contributed by atoms with van der Waals surface area (Å²) in [7, 11) is 3.54. The van der Waals surface area contributed by atoms with E-state index in [9.17, 15) is 19.5 Å². The number of carbonyl (C=O) groups excluding carboxylic acids is 2. The molecule has 5 heterocycles. The third-order valence-electron chi connectivity index (χ3n) is 13.6. The average molecular weight is 813 g/mol. The van der Waals surface area contributed by atoms with Crippen molar-refractivity contribution in [3.63, 3.8) is 0 Å². The van der Waals surface area contributed by atoms with Crippen molar-refractivity contribution in [2.45, 2.75) is 64.5 Å². The van der Waals surface area contributed by atoms with Crippen LogP contribution in [-0.2, 0) is 36.1 Å². The van der Waals surface area contributed by atoms with Gasteiger partial charge in [0, 0.05) is 98.7 Å². The molecule has 2 saturated carbocycles. The van der Waals surface area contributed by atoms with Gasteiger partial charge in [0.2, 0.25) is 5.91 Å². The fraction of sp³-hybridized carbons (Fsp3) is 0.465. The van der Waals surface area contributed by atoms with Crippen LogP contribution in [-0.4, -0.2) is 87.1 Å². The molecular formula is C43H47Cl2N7O5. The van der Waals surface area contributed by atoms with Crippen LogP contribution in [0, 0.1) is 16.2 Å². The number of carboxylic acid groups (broad SMARTS) is 1. The molecule has 0 unspecified atom stereocenters. The number of imidazole rings is 1. The average Bonchev–Trinajstić information content (AvgIpc) is 3.97. The zero-order chi connectivity index (χ0) is 39.7. The van der Waals surface area contributed by atoms with Crippen molar-refractivity contribution in [2.75, 3.05) is 45.2 Å². The lowest BCUT2D eigenvalue weighted by Gasteiger charge is -2.47. The number of carbonyl (C=O) groups is 3. The van der Waals surface area contributed by atoms with Crippen LogP contribution in [0.4, 0.5) is 5.69 Å². The fourth-order valence-corrected chi connectivity index (χ4v) is 11.0. The first-order chi connectivity index (χ1) is 27.4. The molecule has 3 aliphatic heterocycles. The first-order valence-corrected chi connectivity index (χ1v) is 20.6. The number of amides is 2. The number of anilines is 1. The molecule has 2 aromatic carbocycles. The summed E-state index contributed by atoms with van der Waals surface area (Å²) in [6, 6.07) is 13.3. The van der Waals surface area contributed by atoms with Crippen molar-refractivity contribution in [3.8, 4) is 28.1 Å². The molecule has 2 aromatic heterocycles. The van der Waals surface area contributed by atoms with Gasteiger partial charge >= 0.3 is 5.97 Å². The van der Waals surface area contributed by atoms with Gasteiger partial charge in [-0.25, -0.2) is 4.98 Å². The number of benzene rings is 2. The fourth-order valence-electron chi connectivity index (χ4n) is 10.5. The monoisotopic (exact) mass is 811 g/mol. The highest BCUT2D eigenvalue weighted by Crippen LogP contribution is 2.63. The molecule has 2 amide bonds. The number of hydrogen-bond acceptors (Lipinski definition) is 8. The van der Waals surface area contributed by atoms with Crippen molar-refractivity contribution in [3.05, 3.63) is 81.5 Å². The minimum absolute atomic E-state index is 0.0526. The van der Waals surface area contributed by atoms with Gasteiger partial charge in [-0.05, 0) is 68.7 Å². The minimum Gasteiger partial charge on any atom is -0.496 e. The predicted octanol–water partition coefficient (Wildman–Crippen LogP) is 6.82. The molecular weight excluding hydrogens is 765 g/mol. The van der Waals surface area contributed by atoms with E-state index in [1.807, 2.05) is 48.0 Å². The van der Waals surface area contributed by atoms with Crippen LogP contribution in [0.25, 0.3) is 22.4 Å². The van der Waals surface area contributed by atoms with Gasteiger partial charge in [0.15, 0.2) is 5.82 Å². The highest BCUT2D eigenvalue weighted by Gasteiger charge is 2.58. The number of nitrogens with zero attached hydrogens (tertiary/aromatic N) is 5.